The van der Waals surface area contributed by atoms with E-state index in [9.17, 15) is 10.2 Å². The number of rotatable bonds is 13. The third-order valence-corrected chi connectivity index (χ3v) is 7.26. The third kappa shape index (κ3) is 8.42. The topological polar surface area (TPSA) is 65.2 Å². The number of nitrogens with zero attached hydrogens (tertiary/aromatic N) is 2. The van der Waals surface area contributed by atoms with E-state index < -0.39 is 0 Å². The Morgan fingerprint density at radius 3 is 1.70 bits per heavy atom. The molecule has 0 saturated heterocycles. The zero-order chi connectivity index (χ0) is 26.6. The van der Waals surface area contributed by atoms with Gasteiger partial charge < -0.3 is 10.2 Å². The number of hydrogen-bond donors (Lipinski definition) is 2. The number of aromatic hydroxyl groups is 2. The zero-order valence-corrected chi connectivity index (χ0v) is 24.5. The van der Waals surface area contributed by atoms with E-state index in [-0.39, 0.29) is 5.75 Å². The normalized spacial score (nSPS) is 11.7. The summed E-state index contributed by atoms with van der Waals surface area (Å²) in [5, 5.41) is 21.6. The van der Waals surface area contributed by atoms with Crippen LogP contribution in [0.3, 0.4) is 0 Å². The summed E-state index contributed by atoms with van der Waals surface area (Å²) in [6.45, 7) is 6.54. The van der Waals surface area contributed by atoms with E-state index >= 15 is 0 Å². The Labute approximate surface area is 235 Å². The highest BCUT2D eigenvalue weighted by Crippen LogP contribution is 2.31. The molecule has 5 heteroatoms. The maximum atomic E-state index is 11.0. The molecular formula is C32H39IN2O2. The molecule has 3 rings (SSSR count). The predicted molar refractivity (Wildman–Crippen MR) is 166 cm³/mol. The van der Waals surface area contributed by atoms with E-state index in [1.165, 1.54) is 11.1 Å². The van der Waals surface area contributed by atoms with Gasteiger partial charge in [0.15, 0.2) is 0 Å². The lowest BCUT2D eigenvalue weighted by atomic mass is 9.97. The number of aliphatic imine (C=N–C) groups is 2. The van der Waals surface area contributed by atoms with Gasteiger partial charge in [0.05, 0.1) is 14.9 Å². The van der Waals surface area contributed by atoms with Crippen molar-refractivity contribution in [2.24, 2.45) is 9.98 Å². The number of benzene rings is 3. The van der Waals surface area contributed by atoms with Crippen LogP contribution in [0.25, 0.3) is 0 Å². The maximum absolute atomic E-state index is 11.0. The molecule has 3 aromatic rings. The summed E-state index contributed by atoms with van der Waals surface area (Å²) in [5.74, 6) is 0.570. The number of para-hydroxylation sites is 2. The van der Waals surface area contributed by atoms with E-state index in [0.29, 0.717) is 22.7 Å². The highest BCUT2D eigenvalue weighted by atomic mass is 127. The van der Waals surface area contributed by atoms with Crippen LogP contribution in [0.5, 0.6) is 11.5 Å². The number of phenols is 2. The van der Waals surface area contributed by atoms with Crippen molar-refractivity contribution in [3.05, 3.63) is 79.9 Å². The second kappa shape index (κ2) is 14.9. The van der Waals surface area contributed by atoms with Crippen LogP contribution in [0.1, 0.15) is 87.1 Å². The number of phenolic OH excluding ortho intramolecular Hbond substituents is 2. The van der Waals surface area contributed by atoms with E-state index in [1.54, 1.807) is 12.4 Å². The molecule has 0 bridgehead atoms. The fraction of sp³-hybridized carbons (Fsp3) is 0.375. The fourth-order valence-corrected chi connectivity index (χ4v) is 4.94. The molecule has 0 atom stereocenters. The molecule has 0 amide bonds. The van der Waals surface area contributed by atoms with Crippen molar-refractivity contribution >= 4 is 46.4 Å². The van der Waals surface area contributed by atoms with Crippen molar-refractivity contribution < 1.29 is 10.2 Å². The molecule has 0 radical (unpaired) electrons. The van der Waals surface area contributed by atoms with Crippen LogP contribution in [0.15, 0.2) is 58.5 Å². The second-order valence-electron chi connectivity index (χ2n) is 9.52. The van der Waals surface area contributed by atoms with Gasteiger partial charge in [-0.3, -0.25) is 9.98 Å². The highest BCUT2D eigenvalue weighted by Gasteiger charge is 2.10. The van der Waals surface area contributed by atoms with Crippen molar-refractivity contribution in [2.75, 3.05) is 0 Å². The molecule has 196 valence electrons. The Morgan fingerprint density at radius 1 is 0.676 bits per heavy atom. The van der Waals surface area contributed by atoms with Crippen LogP contribution < -0.4 is 0 Å². The molecule has 37 heavy (non-hydrogen) atoms. The maximum Gasteiger partial charge on any atom is 0.137 e. The van der Waals surface area contributed by atoms with Crippen molar-refractivity contribution in [1.82, 2.24) is 0 Å². The molecule has 0 aliphatic heterocycles. The average molecular weight is 611 g/mol. The summed E-state index contributed by atoms with van der Waals surface area (Å²) >= 11 is 2.17. The van der Waals surface area contributed by atoms with Gasteiger partial charge in [-0.1, -0.05) is 58.2 Å². The van der Waals surface area contributed by atoms with Crippen molar-refractivity contribution in [1.29, 1.82) is 0 Å². The molecule has 0 saturated carbocycles. The molecule has 0 aliphatic rings. The van der Waals surface area contributed by atoms with Crippen LogP contribution in [-0.2, 0) is 19.3 Å². The van der Waals surface area contributed by atoms with Gasteiger partial charge in [0.2, 0.25) is 0 Å². The van der Waals surface area contributed by atoms with Crippen LogP contribution in [0, 0.1) is 3.57 Å². The first-order chi connectivity index (χ1) is 18.0. The molecule has 4 nitrogen and oxygen atoms in total. The Balaban J connectivity index is 1.91. The van der Waals surface area contributed by atoms with Gasteiger partial charge in [-0.25, -0.2) is 0 Å². The van der Waals surface area contributed by atoms with Crippen LogP contribution in [0.2, 0.25) is 0 Å². The Morgan fingerprint density at radius 2 is 1.16 bits per heavy atom. The molecule has 0 aliphatic carbocycles. The SMILES string of the molecule is CCCCc1cc(I)c(O)c(/C=N/c2ccccc2/N=C/c2cc(CCCC)cc(CCCC)c2O)c1. The van der Waals surface area contributed by atoms with E-state index in [1.807, 2.05) is 36.4 Å². The number of hydrogen-bond acceptors (Lipinski definition) is 4. The average Bonchev–Trinajstić information content (AvgIpc) is 2.91. The first kappa shape index (κ1) is 28.9. The number of unbranched alkanes of at least 4 members (excludes halogenated alkanes) is 3. The van der Waals surface area contributed by atoms with Gasteiger partial charge >= 0.3 is 0 Å². The molecule has 2 N–H and O–H groups in total. The summed E-state index contributed by atoms with van der Waals surface area (Å²) in [7, 11) is 0. The number of halogens is 1. The molecule has 0 aromatic heterocycles. The van der Waals surface area contributed by atoms with Crippen molar-refractivity contribution in [3.8, 4) is 11.5 Å². The third-order valence-electron chi connectivity index (χ3n) is 6.44. The first-order valence-corrected chi connectivity index (χ1v) is 14.6. The van der Waals surface area contributed by atoms with Gasteiger partial charge in [-0.15, -0.1) is 0 Å². The molecule has 0 unspecified atom stereocenters. The van der Waals surface area contributed by atoms with Gasteiger partial charge in [0.25, 0.3) is 0 Å². The zero-order valence-electron chi connectivity index (χ0n) is 22.3. The van der Waals surface area contributed by atoms with Crippen LogP contribution in [0.4, 0.5) is 11.4 Å². The minimum atomic E-state index is 0.249. The van der Waals surface area contributed by atoms with Crippen molar-refractivity contribution in [2.45, 2.75) is 78.6 Å². The summed E-state index contributed by atoms with van der Waals surface area (Å²) in [6.07, 6.45) is 12.9. The predicted octanol–water partition coefficient (Wildman–Crippen LogP) is 9.23. The van der Waals surface area contributed by atoms with Crippen LogP contribution >= 0.6 is 22.6 Å². The van der Waals surface area contributed by atoms with Crippen LogP contribution in [-0.4, -0.2) is 22.6 Å². The Hall–Kier alpha value is -2.67. The second-order valence-corrected chi connectivity index (χ2v) is 10.7. The fourth-order valence-electron chi connectivity index (χ4n) is 4.23. The van der Waals surface area contributed by atoms with E-state index in [0.717, 1.165) is 72.5 Å². The van der Waals surface area contributed by atoms with Gasteiger partial charge in [0.1, 0.15) is 11.5 Å². The molecule has 0 heterocycles. The van der Waals surface area contributed by atoms with E-state index in [2.05, 4.69) is 60.5 Å². The standard InChI is InChI=1S/C32H39IN2O2/c1-4-7-12-23-17-25(14-9-6-3)31(36)26(18-23)21-34-29-15-10-11-16-30(29)35-22-27-19-24(13-8-5-2)20-28(33)32(27)37/h10-11,15-22,36-37H,4-9,12-14H2,1-3H3/b34-21+,35-22+. The number of aryl methyl sites for hydroxylation is 3. The van der Waals surface area contributed by atoms with Gasteiger partial charge in [0, 0.05) is 23.6 Å². The lowest BCUT2D eigenvalue weighted by molar-refractivity contribution is 0.465. The Kier molecular flexibility index (Phi) is 11.6. The molecule has 0 spiro atoms. The monoisotopic (exact) mass is 610 g/mol. The Bertz CT molecular complexity index is 1230. The first-order valence-electron chi connectivity index (χ1n) is 13.5. The quantitative estimate of drug-likeness (QED) is 0.150. The van der Waals surface area contributed by atoms with Gasteiger partial charge in [-0.05, 0) is 108 Å². The molecule has 0 fully saturated rings. The smallest absolute Gasteiger partial charge is 0.137 e. The summed E-state index contributed by atoms with van der Waals surface area (Å²) in [5.41, 5.74) is 6.31. The summed E-state index contributed by atoms with van der Waals surface area (Å²) < 4.78 is 0.830. The highest BCUT2D eigenvalue weighted by molar-refractivity contribution is 14.1. The largest absolute Gasteiger partial charge is 0.507 e. The van der Waals surface area contributed by atoms with E-state index in [4.69, 9.17) is 4.99 Å². The summed E-state index contributed by atoms with van der Waals surface area (Å²) in [4.78, 5) is 9.41. The lowest BCUT2D eigenvalue weighted by Gasteiger charge is -2.11. The lowest BCUT2D eigenvalue weighted by Crippen LogP contribution is -1.96. The minimum Gasteiger partial charge on any atom is -0.507 e. The molecule has 3 aromatic carbocycles. The van der Waals surface area contributed by atoms with Gasteiger partial charge in [-0.2, -0.15) is 0 Å². The summed E-state index contributed by atoms with van der Waals surface area (Å²) in [6, 6.07) is 15.9. The van der Waals surface area contributed by atoms with Crippen molar-refractivity contribution in [3.63, 3.8) is 0 Å². The minimum absolute atomic E-state index is 0.249. The molecular weight excluding hydrogens is 571 g/mol.